The van der Waals surface area contributed by atoms with Crippen LogP contribution in [0.4, 0.5) is 0 Å². The van der Waals surface area contributed by atoms with Crippen molar-refractivity contribution in [3.05, 3.63) is 0 Å². The number of nitrogens with two attached hydrogens (primary N) is 1. The average molecular weight is 377 g/mol. The third-order valence-electron chi connectivity index (χ3n) is 3.80. The lowest BCUT2D eigenvalue weighted by Gasteiger charge is -2.23. The molecule has 2 amide bonds. The topological polar surface area (TPSA) is 159 Å². The van der Waals surface area contributed by atoms with Crippen LogP contribution in [0, 0.1) is 5.92 Å². The smallest absolute Gasteiger partial charge is 0.326 e. The van der Waals surface area contributed by atoms with E-state index in [-0.39, 0.29) is 12.3 Å². The van der Waals surface area contributed by atoms with Gasteiger partial charge in [0.15, 0.2) is 0 Å². The zero-order valence-electron chi connectivity index (χ0n) is 14.7. The molecule has 10 heteroatoms. The maximum absolute atomic E-state index is 12.3. The van der Waals surface area contributed by atoms with Crippen LogP contribution in [0.3, 0.4) is 0 Å². The maximum Gasteiger partial charge on any atom is 0.326 e. The van der Waals surface area contributed by atoms with E-state index in [4.69, 9.17) is 15.9 Å². The lowest BCUT2D eigenvalue weighted by atomic mass is 9.99. The van der Waals surface area contributed by atoms with Crippen molar-refractivity contribution in [1.82, 2.24) is 10.6 Å². The zero-order valence-corrected chi connectivity index (χ0v) is 15.5. The van der Waals surface area contributed by atoms with E-state index in [1.54, 1.807) is 13.2 Å². The van der Waals surface area contributed by atoms with Crippen molar-refractivity contribution in [2.24, 2.45) is 11.7 Å². The maximum atomic E-state index is 12.3. The van der Waals surface area contributed by atoms with Crippen LogP contribution < -0.4 is 16.4 Å². The summed E-state index contributed by atoms with van der Waals surface area (Å²) in [6.45, 7) is 3.61. The molecule has 9 nitrogen and oxygen atoms in total. The molecule has 0 heterocycles. The van der Waals surface area contributed by atoms with Gasteiger partial charge in [-0.2, -0.15) is 11.8 Å². The van der Waals surface area contributed by atoms with Crippen LogP contribution in [0.1, 0.15) is 33.1 Å². The van der Waals surface area contributed by atoms with Crippen LogP contribution in [0.15, 0.2) is 0 Å². The van der Waals surface area contributed by atoms with Crippen molar-refractivity contribution in [3.8, 4) is 0 Å². The SMILES string of the molecule is CCC(C)C(N)C(=O)NC(CC(=O)O)C(=O)NC(CCSC)C(=O)O. The molecule has 0 aliphatic carbocycles. The van der Waals surface area contributed by atoms with Crippen LogP contribution in [0.5, 0.6) is 0 Å². The van der Waals surface area contributed by atoms with E-state index >= 15 is 0 Å². The molecule has 0 aliphatic heterocycles. The number of hydrogen-bond donors (Lipinski definition) is 5. The number of rotatable bonds is 12. The quantitative estimate of drug-likeness (QED) is 0.308. The molecule has 25 heavy (non-hydrogen) atoms. The molecule has 0 fully saturated rings. The summed E-state index contributed by atoms with van der Waals surface area (Å²) >= 11 is 1.42. The number of thioether (sulfide) groups is 1. The minimum Gasteiger partial charge on any atom is -0.481 e. The van der Waals surface area contributed by atoms with Crippen LogP contribution in [0.25, 0.3) is 0 Å². The van der Waals surface area contributed by atoms with E-state index in [2.05, 4.69) is 10.6 Å². The molecule has 0 radical (unpaired) electrons. The highest BCUT2D eigenvalue weighted by Gasteiger charge is 2.30. The standard InChI is InChI=1S/C15H27N3O6S/c1-4-8(2)12(16)14(22)18-10(7-11(19)20)13(21)17-9(15(23)24)5-6-25-3/h8-10,12H,4-7,16H2,1-3H3,(H,17,21)(H,18,22)(H,19,20)(H,23,24). The second-order valence-corrected chi connectivity index (χ2v) is 6.74. The van der Waals surface area contributed by atoms with Crippen molar-refractivity contribution < 1.29 is 29.4 Å². The number of carbonyl (C=O) groups excluding carboxylic acids is 2. The summed E-state index contributed by atoms with van der Waals surface area (Å²) in [7, 11) is 0. The van der Waals surface area contributed by atoms with Crippen LogP contribution >= 0.6 is 11.8 Å². The fourth-order valence-electron chi connectivity index (χ4n) is 1.93. The number of carbonyl (C=O) groups is 4. The summed E-state index contributed by atoms with van der Waals surface area (Å²) < 4.78 is 0. The summed E-state index contributed by atoms with van der Waals surface area (Å²) in [5.41, 5.74) is 5.78. The zero-order chi connectivity index (χ0) is 19.6. The summed E-state index contributed by atoms with van der Waals surface area (Å²) in [5, 5.41) is 22.7. The first-order valence-corrected chi connectivity index (χ1v) is 9.33. The van der Waals surface area contributed by atoms with Gasteiger partial charge in [-0.15, -0.1) is 0 Å². The first kappa shape index (κ1) is 23.2. The number of amides is 2. The number of hydrogen-bond acceptors (Lipinski definition) is 6. The minimum absolute atomic E-state index is 0.151. The highest BCUT2D eigenvalue weighted by atomic mass is 32.2. The molecule has 0 aromatic heterocycles. The normalized spacial score (nSPS) is 15.5. The van der Waals surface area contributed by atoms with Gasteiger partial charge in [-0.05, 0) is 24.3 Å². The molecule has 0 spiro atoms. The average Bonchev–Trinajstić information content (AvgIpc) is 2.55. The lowest BCUT2D eigenvalue weighted by Crippen LogP contribution is -2.56. The highest BCUT2D eigenvalue weighted by Crippen LogP contribution is 2.07. The number of carboxylic acids is 2. The monoisotopic (exact) mass is 377 g/mol. The van der Waals surface area contributed by atoms with E-state index in [0.717, 1.165) is 0 Å². The highest BCUT2D eigenvalue weighted by molar-refractivity contribution is 7.98. The molecule has 0 rings (SSSR count). The summed E-state index contributed by atoms with van der Waals surface area (Å²) in [5.74, 6) is -3.67. The number of nitrogens with one attached hydrogen (secondary N) is 2. The minimum atomic E-state index is -1.39. The van der Waals surface area contributed by atoms with Crippen molar-refractivity contribution in [3.63, 3.8) is 0 Å². The van der Waals surface area contributed by atoms with E-state index in [9.17, 15) is 19.2 Å². The fourth-order valence-corrected chi connectivity index (χ4v) is 2.40. The van der Waals surface area contributed by atoms with Crippen molar-refractivity contribution in [1.29, 1.82) is 0 Å². The molecule has 6 N–H and O–H groups in total. The van der Waals surface area contributed by atoms with E-state index in [1.165, 1.54) is 11.8 Å². The Morgan fingerprint density at radius 2 is 1.64 bits per heavy atom. The van der Waals surface area contributed by atoms with Crippen molar-refractivity contribution in [2.75, 3.05) is 12.0 Å². The van der Waals surface area contributed by atoms with Gasteiger partial charge in [0.2, 0.25) is 11.8 Å². The van der Waals surface area contributed by atoms with Gasteiger partial charge >= 0.3 is 11.9 Å². The Bertz CT molecular complexity index is 488. The first-order chi connectivity index (χ1) is 11.6. The number of aliphatic carboxylic acids is 2. The second-order valence-electron chi connectivity index (χ2n) is 5.75. The molecule has 4 atom stereocenters. The van der Waals surface area contributed by atoms with Gasteiger partial charge in [0, 0.05) is 0 Å². The molecular weight excluding hydrogens is 350 g/mol. The van der Waals surface area contributed by atoms with Crippen LogP contribution in [-0.4, -0.2) is 64.1 Å². The summed E-state index contributed by atoms with van der Waals surface area (Å²) in [6.07, 6.45) is 1.95. The molecule has 0 aromatic carbocycles. The van der Waals surface area contributed by atoms with Gasteiger partial charge in [-0.25, -0.2) is 4.79 Å². The summed E-state index contributed by atoms with van der Waals surface area (Å²) in [4.78, 5) is 46.5. The molecule has 0 bridgehead atoms. The molecule has 0 aromatic rings. The van der Waals surface area contributed by atoms with Crippen LogP contribution in [0.2, 0.25) is 0 Å². The second kappa shape index (κ2) is 11.7. The first-order valence-electron chi connectivity index (χ1n) is 7.93. The Hall–Kier alpha value is -1.81. The Morgan fingerprint density at radius 3 is 2.08 bits per heavy atom. The predicted molar refractivity (Wildman–Crippen MR) is 94.2 cm³/mol. The largest absolute Gasteiger partial charge is 0.481 e. The Morgan fingerprint density at radius 1 is 1.08 bits per heavy atom. The van der Waals surface area contributed by atoms with Gasteiger partial charge in [-0.1, -0.05) is 20.3 Å². The van der Waals surface area contributed by atoms with E-state index in [0.29, 0.717) is 12.2 Å². The van der Waals surface area contributed by atoms with Crippen molar-refractivity contribution in [2.45, 2.75) is 51.2 Å². The van der Waals surface area contributed by atoms with Gasteiger partial charge in [0.05, 0.1) is 12.5 Å². The Balaban J connectivity index is 5.05. The van der Waals surface area contributed by atoms with E-state index in [1.807, 2.05) is 6.92 Å². The lowest BCUT2D eigenvalue weighted by molar-refractivity contribution is -0.143. The molecule has 0 saturated heterocycles. The summed E-state index contributed by atoms with van der Waals surface area (Å²) in [6, 6.07) is -3.44. The van der Waals surface area contributed by atoms with Gasteiger partial charge in [0.1, 0.15) is 12.1 Å². The number of carboxylic acid groups (broad SMARTS) is 2. The van der Waals surface area contributed by atoms with Gasteiger partial charge in [-0.3, -0.25) is 14.4 Å². The predicted octanol–water partition coefficient (Wildman–Crippen LogP) is -0.358. The third kappa shape index (κ3) is 8.73. The molecular formula is C15H27N3O6S. The molecule has 0 saturated carbocycles. The van der Waals surface area contributed by atoms with Gasteiger partial charge < -0.3 is 26.6 Å². The Kier molecular flexibility index (Phi) is 10.8. The molecule has 0 aliphatic rings. The third-order valence-corrected chi connectivity index (χ3v) is 4.44. The Labute approximate surface area is 151 Å². The van der Waals surface area contributed by atoms with Crippen molar-refractivity contribution >= 4 is 35.5 Å². The molecule has 4 unspecified atom stereocenters. The van der Waals surface area contributed by atoms with Gasteiger partial charge in [0.25, 0.3) is 0 Å². The fraction of sp³-hybridized carbons (Fsp3) is 0.733. The van der Waals surface area contributed by atoms with E-state index < -0.39 is 48.3 Å². The molecule has 144 valence electrons. The van der Waals surface area contributed by atoms with Crippen LogP contribution in [-0.2, 0) is 19.2 Å².